The summed E-state index contributed by atoms with van der Waals surface area (Å²) in [5.74, 6) is 5.36. The van der Waals surface area contributed by atoms with Gasteiger partial charge in [-0.3, -0.25) is 10.6 Å². The van der Waals surface area contributed by atoms with Gasteiger partial charge in [0.2, 0.25) is 0 Å². The van der Waals surface area contributed by atoms with E-state index in [4.69, 9.17) is 5.84 Å². The Hall–Kier alpha value is -1.20. The van der Waals surface area contributed by atoms with E-state index < -0.39 is 0 Å². The third kappa shape index (κ3) is 2.64. The minimum atomic E-state index is -0.140. The van der Waals surface area contributed by atoms with Gasteiger partial charge in [0.1, 0.15) is 0 Å². The van der Waals surface area contributed by atoms with Gasteiger partial charge in [-0.25, -0.2) is 0 Å². The third-order valence-electron chi connectivity index (χ3n) is 1.55. The molecule has 1 amide bonds. The molecule has 0 bridgehead atoms. The fourth-order valence-electron chi connectivity index (χ4n) is 0.892. The van der Waals surface area contributed by atoms with Crippen molar-refractivity contribution < 1.29 is 4.79 Å². The van der Waals surface area contributed by atoms with Gasteiger partial charge in [0.25, 0.3) is 5.91 Å². The molecule has 5 heteroatoms. The first-order chi connectivity index (χ1) is 6.27. The number of rotatable bonds is 3. The molecule has 1 aromatic rings. The maximum atomic E-state index is 11.2. The number of nitrogens with two attached hydrogens (primary N) is 1. The zero-order valence-electron chi connectivity index (χ0n) is 6.95. The Bertz CT molecular complexity index is 286. The number of thiol groups is 1. The molecule has 0 radical (unpaired) electrons. The molecule has 1 aromatic carbocycles. The van der Waals surface area contributed by atoms with E-state index in [0.29, 0.717) is 11.4 Å². The molecule has 0 aliphatic heterocycles. The first-order valence-electron chi connectivity index (χ1n) is 3.73. The molecule has 0 atom stereocenters. The topological polar surface area (TPSA) is 67.1 Å². The highest BCUT2D eigenvalue weighted by molar-refractivity contribution is 7.80. The monoisotopic (exact) mass is 197 g/mol. The average Bonchev–Trinajstić information content (AvgIpc) is 2.18. The largest absolute Gasteiger partial charge is 0.343 e. The van der Waals surface area contributed by atoms with E-state index in [1.54, 1.807) is 24.3 Å². The number of carbonyl (C=O) groups is 1. The van der Waals surface area contributed by atoms with Crippen LogP contribution in [0, 0.1) is 0 Å². The molecule has 0 unspecified atom stereocenters. The molecule has 0 saturated heterocycles. The summed E-state index contributed by atoms with van der Waals surface area (Å²) in [6.45, 7) is 0. The number of hydrogen-bond donors (Lipinski definition) is 4. The lowest BCUT2D eigenvalue weighted by molar-refractivity contribution is 0.0961. The molecule has 4 N–H and O–H groups in total. The predicted octanol–water partition coefficient (Wildman–Crippen LogP) is 0.589. The molecule has 0 aliphatic rings. The molecule has 13 heavy (non-hydrogen) atoms. The van der Waals surface area contributed by atoms with Crippen LogP contribution in [-0.4, -0.2) is 11.8 Å². The molecule has 70 valence electrons. The smallest absolute Gasteiger partial charge is 0.251 e. The van der Waals surface area contributed by atoms with Crippen molar-refractivity contribution in [2.45, 2.75) is 0 Å². The van der Waals surface area contributed by atoms with Crippen molar-refractivity contribution >= 4 is 24.2 Å². The molecular weight excluding hydrogens is 186 g/mol. The van der Waals surface area contributed by atoms with Crippen LogP contribution in [0.4, 0.5) is 5.69 Å². The summed E-state index contributed by atoms with van der Waals surface area (Å²) < 4.78 is 0. The number of hydrogen-bond acceptors (Lipinski definition) is 4. The van der Waals surface area contributed by atoms with Crippen LogP contribution >= 0.6 is 12.6 Å². The van der Waals surface area contributed by atoms with Crippen LogP contribution in [0.3, 0.4) is 0 Å². The molecule has 0 saturated carbocycles. The number of nitrogen functional groups attached to an aromatic ring is 1. The molecule has 1 rings (SSSR count). The summed E-state index contributed by atoms with van der Waals surface area (Å²) in [6, 6.07) is 6.84. The van der Waals surface area contributed by atoms with Crippen LogP contribution in [0.15, 0.2) is 24.3 Å². The van der Waals surface area contributed by atoms with E-state index >= 15 is 0 Å². The Morgan fingerprint density at radius 1 is 1.38 bits per heavy atom. The molecular formula is C8H11N3OS. The normalized spacial score (nSPS) is 9.38. The van der Waals surface area contributed by atoms with Gasteiger partial charge in [-0.05, 0) is 24.3 Å². The van der Waals surface area contributed by atoms with Gasteiger partial charge in [-0.1, -0.05) is 0 Å². The summed E-state index contributed by atoms with van der Waals surface area (Å²) in [4.78, 5) is 11.2. The fourth-order valence-corrected chi connectivity index (χ4v) is 1.04. The number of amides is 1. The maximum absolute atomic E-state index is 11.2. The summed E-state index contributed by atoms with van der Waals surface area (Å²) in [7, 11) is 0. The highest BCUT2D eigenvalue weighted by Gasteiger charge is 2.02. The first-order valence-corrected chi connectivity index (χ1v) is 4.37. The Morgan fingerprint density at radius 3 is 2.46 bits per heavy atom. The zero-order valence-corrected chi connectivity index (χ0v) is 7.84. The molecule has 4 nitrogen and oxygen atoms in total. The average molecular weight is 197 g/mol. The lowest BCUT2D eigenvalue weighted by Crippen LogP contribution is -2.21. The van der Waals surface area contributed by atoms with Gasteiger partial charge in [0.05, 0.1) is 5.88 Å². The molecule has 0 heterocycles. The second-order valence-corrected chi connectivity index (χ2v) is 2.70. The summed E-state index contributed by atoms with van der Waals surface area (Å²) in [6.07, 6.45) is 0. The van der Waals surface area contributed by atoms with E-state index in [0.717, 1.165) is 5.69 Å². The van der Waals surface area contributed by atoms with E-state index in [1.165, 1.54) is 0 Å². The minimum Gasteiger partial charge on any atom is -0.343 e. The Kier molecular flexibility index (Phi) is 3.60. The molecule has 0 aromatic heterocycles. The molecule has 0 fully saturated rings. The fraction of sp³-hybridized carbons (Fsp3) is 0.125. The second-order valence-electron chi connectivity index (χ2n) is 2.39. The maximum Gasteiger partial charge on any atom is 0.251 e. The lowest BCUT2D eigenvalue weighted by atomic mass is 10.2. The summed E-state index contributed by atoms with van der Waals surface area (Å²) in [5.41, 5.74) is 3.84. The Labute approximate surface area is 81.9 Å². The van der Waals surface area contributed by atoms with Crippen LogP contribution in [0.2, 0.25) is 0 Å². The Morgan fingerprint density at radius 2 is 2.00 bits per heavy atom. The zero-order chi connectivity index (χ0) is 9.68. The number of benzene rings is 1. The van der Waals surface area contributed by atoms with Gasteiger partial charge < -0.3 is 10.7 Å². The van der Waals surface area contributed by atoms with Crippen molar-refractivity contribution in [3.63, 3.8) is 0 Å². The number of carbonyl (C=O) groups excluding carboxylic acids is 1. The van der Waals surface area contributed by atoms with E-state index in [2.05, 4.69) is 23.4 Å². The van der Waals surface area contributed by atoms with Gasteiger partial charge in [-0.15, -0.1) is 0 Å². The van der Waals surface area contributed by atoms with Gasteiger partial charge in [0.15, 0.2) is 0 Å². The van der Waals surface area contributed by atoms with Crippen molar-refractivity contribution in [2.24, 2.45) is 5.84 Å². The van der Waals surface area contributed by atoms with Crippen molar-refractivity contribution in [1.82, 2.24) is 5.32 Å². The van der Waals surface area contributed by atoms with Crippen LogP contribution in [0.5, 0.6) is 0 Å². The van der Waals surface area contributed by atoms with Crippen LogP contribution in [0.25, 0.3) is 0 Å². The number of anilines is 1. The quantitative estimate of drug-likeness (QED) is 0.248. The van der Waals surface area contributed by atoms with Crippen molar-refractivity contribution in [3.05, 3.63) is 29.8 Å². The van der Waals surface area contributed by atoms with Crippen molar-refractivity contribution in [2.75, 3.05) is 11.3 Å². The van der Waals surface area contributed by atoms with Crippen molar-refractivity contribution in [1.29, 1.82) is 0 Å². The third-order valence-corrected chi connectivity index (χ3v) is 1.71. The van der Waals surface area contributed by atoms with E-state index in [1.807, 2.05) is 0 Å². The molecule has 0 aliphatic carbocycles. The first kappa shape index (κ1) is 9.88. The van der Waals surface area contributed by atoms with Crippen molar-refractivity contribution in [3.8, 4) is 0 Å². The highest BCUT2D eigenvalue weighted by atomic mass is 32.1. The Balaban J connectivity index is 2.74. The van der Waals surface area contributed by atoms with Gasteiger partial charge in [-0.2, -0.15) is 12.6 Å². The van der Waals surface area contributed by atoms with Gasteiger partial charge >= 0.3 is 0 Å². The summed E-state index contributed by atoms with van der Waals surface area (Å²) in [5, 5.41) is 2.57. The lowest BCUT2D eigenvalue weighted by Gasteiger charge is -2.03. The SMILES string of the molecule is NNc1ccc(C(=O)NCS)cc1. The summed E-state index contributed by atoms with van der Waals surface area (Å²) >= 11 is 3.88. The van der Waals surface area contributed by atoms with Crippen LogP contribution in [-0.2, 0) is 0 Å². The van der Waals surface area contributed by atoms with E-state index in [9.17, 15) is 4.79 Å². The highest BCUT2D eigenvalue weighted by Crippen LogP contribution is 2.07. The molecule has 0 spiro atoms. The minimum absolute atomic E-state index is 0.140. The second kappa shape index (κ2) is 4.74. The predicted molar refractivity (Wildman–Crippen MR) is 55.6 cm³/mol. The van der Waals surface area contributed by atoms with Gasteiger partial charge in [0, 0.05) is 11.3 Å². The van der Waals surface area contributed by atoms with E-state index in [-0.39, 0.29) is 5.91 Å². The standard InChI is InChI=1S/C8H11N3OS/c9-11-7-3-1-6(2-4-7)8(12)10-5-13/h1-4,11,13H,5,9H2,(H,10,12). The van der Waals surface area contributed by atoms with Crippen LogP contribution < -0.4 is 16.6 Å². The van der Waals surface area contributed by atoms with Crippen LogP contribution in [0.1, 0.15) is 10.4 Å². The number of nitrogens with one attached hydrogen (secondary N) is 2. The number of hydrazine groups is 1.